The van der Waals surface area contributed by atoms with E-state index in [0.717, 1.165) is 30.1 Å². The number of aryl methyl sites for hydroxylation is 1. The predicted octanol–water partition coefficient (Wildman–Crippen LogP) is 4.62. The van der Waals surface area contributed by atoms with Crippen LogP contribution in [0.3, 0.4) is 0 Å². The van der Waals surface area contributed by atoms with Crippen LogP contribution < -0.4 is 11.1 Å². The molecule has 0 saturated heterocycles. The molecule has 0 radical (unpaired) electrons. The Labute approximate surface area is 151 Å². The van der Waals surface area contributed by atoms with Crippen molar-refractivity contribution in [3.63, 3.8) is 0 Å². The maximum Gasteiger partial charge on any atom is 0.122 e. The minimum Gasteiger partial charge on any atom is -0.384 e. The average molecular weight is 335 g/mol. The van der Waals surface area contributed by atoms with E-state index in [9.17, 15) is 0 Å². The Balaban J connectivity index is 1.69. The molecule has 0 aliphatic heterocycles. The van der Waals surface area contributed by atoms with Crippen LogP contribution in [0.1, 0.15) is 48.8 Å². The third kappa shape index (κ3) is 4.93. The van der Waals surface area contributed by atoms with Gasteiger partial charge in [0.05, 0.1) is 0 Å². The Morgan fingerprint density at radius 1 is 1.08 bits per heavy atom. The van der Waals surface area contributed by atoms with Crippen molar-refractivity contribution in [3.05, 3.63) is 59.2 Å². The normalized spacial score (nSPS) is 15.2. The predicted molar refractivity (Wildman–Crippen MR) is 106 cm³/mol. The van der Waals surface area contributed by atoms with E-state index in [1.807, 2.05) is 18.2 Å². The summed E-state index contributed by atoms with van der Waals surface area (Å²) in [6.45, 7) is 4.18. The van der Waals surface area contributed by atoms with Crippen LogP contribution in [0.2, 0.25) is 0 Å². The number of rotatable bonds is 6. The number of hydrogen-bond acceptors (Lipinski definition) is 2. The van der Waals surface area contributed by atoms with E-state index in [1.165, 1.54) is 48.8 Å². The second kappa shape index (κ2) is 8.30. The van der Waals surface area contributed by atoms with Gasteiger partial charge < -0.3 is 11.1 Å². The molecular weight excluding hydrogens is 306 g/mol. The van der Waals surface area contributed by atoms with Crippen LogP contribution in [0.4, 0.5) is 0 Å². The maximum atomic E-state index is 7.64. The van der Waals surface area contributed by atoms with Crippen molar-refractivity contribution in [2.75, 3.05) is 6.54 Å². The zero-order chi connectivity index (χ0) is 17.6. The first-order valence-corrected chi connectivity index (χ1v) is 9.38. The van der Waals surface area contributed by atoms with Crippen LogP contribution >= 0.6 is 0 Å². The SMILES string of the molecule is Cc1cc(CNCC2CCCCC2)cc(-c2cccc(C(=N)N)c2)c1. The Morgan fingerprint density at radius 3 is 2.64 bits per heavy atom. The lowest BCUT2D eigenvalue weighted by Crippen LogP contribution is -2.24. The third-order valence-electron chi connectivity index (χ3n) is 5.13. The van der Waals surface area contributed by atoms with Gasteiger partial charge in [0.2, 0.25) is 0 Å². The third-order valence-corrected chi connectivity index (χ3v) is 5.13. The van der Waals surface area contributed by atoms with Crippen molar-refractivity contribution in [1.82, 2.24) is 5.32 Å². The summed E-state index contributed by atoms with van der Waals surface area (Å²) in [5, 5.41) is 11.3. The molecule has 4 N–H and O–H groups in total. The quantitative estimate of drug-likeness (QED) is 0.533. The minimum absolute atomic E-state index is 0.115. The number of nitrogen functional groups attached to an aromatic ring is 1. The van der Waals surface area contributed by atoms with Gasteiger partial charge in [-0.25, -0.2) is 0 Å². The molecule has 3 rings (SSSR count). The van der Waals surface area contributed by atoms with Gasteiger partial charge in [-0.2, -0.15) is 0 Å². The van der Waals surface area contributed by atoms with E-state index in [0.29, 0.717) is 0 Å². The molecule has 1 saturated carbocycles. The van der Waals surface area contributed by atoms with Crippen molar-refractivity contribution in [2.24, 2.45) is 11.7 Å². The summed E-state index contributed by atoms with van der Waals surface area (Å²) in [6.07, 6.45) is 6.96. The Morgan fingerprint density at radius 2 is 1.88 bits per heavy atom. The molecule has 3 heteroatoms. The van der Waals surface area contributed by atoms with Crippen molar-refractivity contribution in [3.8, 4) is 11.1 Å². The highest BCUT2D eigenvalue weighted by molar-refractivity contribution is 5.96. The van der Waals surface area contributed by atoms with Crippen molar-refractivity contribution >= 4 is 5.84 Å². The summed E-state index contributed by atoms with van der Waals surface area (Å²) in [6, 6.07) is 14.6. The smallest absolute Gasteiger partial charge is 0.122 e. The van der Waals surface area contributed by atoms with Gasteiger partial charge in [0.1, 0.15) is 5.84 Å². The van der Waals surface area contributed by atoms with Crippen LogP contribution in [0.25, 0.3) is 11.1 Å². The highest BCUT2D eigenvalue weighted by Gasteiger charge is 2.12. The van der Waals surface area contributed by atoms with Crippen LogP contribution in [0, 0.1) is 18.3 Å². The van der Waals surface area contributed by atoms with Gasteiger partial charge in [-0.1, -0.05) is 55.2 Å². The molecule has 25 heavy (non-hydrogen) atoms. The van der Waals surface area contributed by atoms with Gasteiger partial charge in [0.25, 0.3) is 0 Å². The molecule has 1 aliphatic carbocycles. The maximum absolute atomic E-state index is 7.64. The molecular formula is C22H29N3. The summed E-state index contributed by atoms with van der Waals surface area (Å²) in [4.78, 5) is 0. The number of nitrogens with one attached hydrogen (secondary N) is 2. The second-order valence-corrected chi connectivity index (χ2v) is 7.34. The second-order valence-electron chi connectivity index (χ2n) is 7.34. The lowest BCUT2D eigenvalue weighted by atomic mass is 9.89. The molecule has 0 heterocycles. The highest BCUT2D eigenvalue weighted by atomic mass is 14.9. The first-order chi connectivity index (χ1) is 12.1. The molecule has 1 aliphatic rings. The van der Waals surface area contributed by atoms with Crippen molar-refractivity contribution in [1.29, 1.82) is 5.41 Å². The van der Waals surface area contributed by atoms with Crippen molar-refractivity contribution in [2.45, 2.75) is 45.6 Å². The standard InChI is InChI=1S/C22H29N3/c1-16-10-18(15-25-14-17-6-3-2-4-7-17)12-21(11-16)19-8-5-9-20(13-19)22(23)24/h5,8-13,17,25H,2-4,6-7,14-15H2,1H3,(H3,23,24). The topological polar surface area (TPSA) is 61.9 Å². The molecule has 3 nitrogen and oxygen atoms in total. The molecule has 132 valence electrons. The lowest BCUT2D eigenvalue weighted by molar-refractivity contribution is 0.342. The van der Waals surface area contributed by atoms with Gasteiger partial charge in [-0.3, -0.25) is 5.41 Å². The van der Waals surface area contributed by atoms with Crippen LogP contribution in [-0.2, 0) is 6.54 Å². The van der Waals surface area contributed by atoms with E-state index in [2.05, 4.69) is 36.5 Å². The summed E-state index contributed by atoms with van der Waals surface area (Å²) < 4.78 is 0. The zero-order valence-corrected chi connectivity index (χ0v) is 15.1. The molecule has 0 unspecified atom stereocenters. The number of amidine groups is 1. The largest absolute Gasteiger partial charge is 0.384 e. The van der Waals surface area contributed by atoms with Gasteiger partial charge in [-0.15, -0.1) is 0 Å². The summed E-state index contributed by atoms with van der Waals surface area (Å²) >= 11 is 0. The van der Waals surface area contributed by atoms with Gasteiger partial charge >= 0.3 is 0 Å². The molecule has 0 amide bonds. The molecule has 0 bridgehead atoms. The molecule has 2 aromatic carbocycles. The van der Waals surface area contributed by atoms with E-state index in [-0.39, 0.29) is 5.84 Å². The first-order valence-electron chi connectivity index (χ1n) is 9.38. The van der Waals surface area contributed by atoms with Gasteiger partial charge in [0.15, 0.2) is 0 Å². The number of nitrogens with two attached hydrogens (primary N) is 1. The molecule has 1 fully saturated rings. The number of hydrogen-bond donors (Lipinski definition) is 3. The van der Waals surface area contributed by atoms with Crippen molar-refractivity contribution < 1.29 is 0 Å². The Kier molecular flexibility index (Phi) is 5.87. The van der Waals surface area contributed by atoms with E-state index >= 15 is 0 Å². The fourth-order valence-electron chi connectivity index (χ4n) is 3.81. The van der Waals surface area contributed by atoms with Crippen LogP contribution in [-0.4, -0.2) is 12.4 Å². The molecule has 0 atom stereocenters. The molecule has 2 aromatic rings. The fourth-order valence-corrected chi connectivity index (χ4v) is 3.81. The summed E-state index contributed by atoms with van der Waals surface area (Å²) in [5.74, 6) is 0.967. The monoisotopic (exact) mass is 335 g/mol. The Hall–Kier alpha value is -2.13. The average Bonchev–Trinajstić information content (AvgIpc) is 2.62. The highest BCUT2D eigenvalue weighted by Crippen LogP contribution is 2.25. The summed E-state index contributed by atoms with van der Waals surface area (Å²) in [7, 11) is 0. The number of benzene rings is 2. The first kappa shape index (κ1) is 17.7. The Bertz CT molecular complexity index is 730. The van der Waals surface area contributed by atoms with Crippen LogP contribution in [0.5, 0.6) is 0 Å². The summed E-state index contributed by atoms with van der Waals surface area (Å²) in [5.41, 5.74) is 11.3. The fraction of sp³-hybridized carbons (Fsp3) is 0.409. The van der Waals surface area contributed by atoms with E-state index in [4.69, 9.17) is 11.1 Å². The van der Waals surface area contributed by atoms with Gasteiger partial charge in [-0.05, 0) is 61.1 Å². The van der Waals surface area contributed by atoms with Crippen LogP contribution in [0.15, 0.2) is 42.5 Å². The molecule has 0 aromatic heterocycles. The van der Waals surface area contributed by atoms with E-state index < -0.39 is 0 Å². The molecule has 0 spiro atoms. The lowest BCUT2D eigenvalue weighted by Gasteiger charge is -2.22. The minimum atomic E-state index is 0.115. The van der Waals surface area contributed by atoms with E-state index in [1.54, 1.807) is 0 Å². The van der Waals surface area contributed by atoms with Gasteiger partial charge in [0, 0.05) is 12.1 Å². The zero-order valence-electron chi connectivity index (χ0n) is 15.1.